The van der Waals surface area contributed by atoms with Gasteiger partial charge in [0, 0.05) is 36.1 Å². The van der Waals surface area contributed by atoms with Gasteiger partial charge in [0.1, 0.15) is 0 Å². The molecule has 2 aromatic rings. The van der Waals surface area contributed by atoms with Gasteiger partial charge in [-0.25, -0.2) is 15.0 Å². The van der Waals surface area contributed by atoms with Gasteiger partial charge in [0.15, 0.2) is 5.13 Å². The zero-order chi connectivity index (χ0) is 15.5. The highest BCUT2D eigenvalue weighted by Crippen LogP contribution is 2.22. The molecule has 0 spiro atoms. The van der Waals surface area contributed by atoms with E-state index in [0.717, 1.165) is 36.7 Å². The minimum atomic E-state index is -0.0536. The lowest BCUT2D eigenvalue weighted by molar-refractivity contribution is -0.120. The number of carbonyl (C=O) groups is 1. The van der Waals surface area contributed by atoms with Gasteiger partial charge in [0.2, 0.25) is 11.9 Å². The monoisotopic (exact) mass is 317 g/mol. The predicted octanol–water partition coefficient (Wildman–Crippen LogP) is 2.41. The van der Waals surface area contributed by atoms with Gasteiger partial charge in [0.05, 0.1) is 5.92 Å². The van der Waals surface area contributed by atoms with Gasteiger partial charge in [-0.15, -0.1) is 11.3 Å². The molecule has 1 amide bonds. The van der Waals surface area contributed by atoms with E-state index in [2.05, 4.69) is 25.2 Å². The van der Waals surface area contributed by atoms with Crippen molar-refractivity contribution in [1.29, 1.82) is 0 Å². The van der Waals surface area contributed by atoms with Crippen LogP contribution < -0.4 is 10.2 Å². The number of carbonyl (C=O) groups excluding carboxylic acids is 1. The fourth-order valence-electron chi connectivity index (χ4n) is 2.71. The van der Waals surface area contributed by atoms with Gasteiger partial charge in [-0.3, -0.25) is 4.79 Å². The molecule has 0 radical (unpaired) electrons. The normalized spacial score (nSPS) is 18.3. The average molecular weight is 317 g/mol. The minimum absolute atomic E-state index is 0.0315. The fourth-order valence-corrected chi connectivity index (χ4v) is 3.25. The molecule has 1 fully saturated rings. The Hall–Kier alpha value is -2.02. The van der Waals surface area contributed by atoms with E-state index in [1.165, 1.54) is 11.3 Å². The summed E-state index contributed by atoms with van der Waals surface area (Å²) in [6.07, 6.45) is 3.54. The molecule has 0 bridgehead atoms. The third-order valence-electron chi connectivity index (χ3n) is 3.71. The van der Waals surface area contributed by atoms with Crippen LogP contribution in [0.3, 0.4) is 0 Å². The second-order valence-electron chi connectivity index (χ2n) is 5.56. The first-order chi connectivity index (χ1) is 10.6. The molecule has 0 aromatic carbocycles. The number of thiazole rings is 1. The van der Waals surface area contributed by atoms with Gasteiger partial charge in [0.25, 0.3) is 0 Å². The Bertz CT molecular complexity index is 638. The Morgan fingerprint density at radius 1 is 1.36 bits per heavy atom. The highest BCUT2D eigenvalue weighted by Gasteiger charge is 2.27. The van der Waals surface area contributed by atoms with Crippen molar-refractivity contribution in [2.75, 3.05) is 23.3 Å². The maximum Gasteiger partial charge on any atom is 0.231 e. The van der Waals surface area contributed by atoms with Crippen molar-refractivity contribution in [3.63, 3.8) is 0 Å². The molecule has 116 valence electrons. The van der Waals surface area contributed by atoms with Crippen LogP contribution in [0.2, 0.25) is 0 Å². The lowest BCUT2D eigenvalue weighted by Crippen LogP contribution is -2.41. The Morgan fingerprint density at radius 2 is 2.14 bits per heavy atom. The minimum Gasteiger partial charge on any atom is -0.340 e. The van der Waals surface area contributed by atoms with Crippen molar-refractivity contribution in [1.82, 2.24) is 15.0 Å². The SMILES string of the molecule is Cc1cc(C)nc(N2CCC[C@@H](C(=O)Nc3nccs3)C2)n1. The molecule has 3 heterocycles. The highest BCUT2D eigenvalue weighted by atomic mass is 32.1. The number of amides is 1. The van der Waals surface area contributed by atoms with Gasteiger partial charge in [-0.05, 0) is 32.8 Å². The summed E-state index contributed by atoms with van der Waals surface area (Å²) < 4.78 is 0. The molecule has 1 aliphatic heterocycles. The molecule has 7 heteroatoms. The van der Waals surface area contributed by atoms with Crippen molar-refractivity contribution in [2.24, 2.45) is 5.92 Å². The first kappa shape index (κ1) is 14.9. The Labute approximate surface area is 133 Å². The van der Waals surface area contributed by atoms with Crippen molar-refractivity contribution < 1.29 is 4.79 Å². The van der Waals surface area contributed by atoms with E-state index in [0.29, 0.717) is 11.7 Å². The average Bonchev–Trinajstić information content (AvgIpc) is 2.99. The van der Waals surface area contributed by atoms with Crippen LogP contribution >= 0.6 is 11.3 Å². The summed E-state index contributed by atoms with van der Waals surface area (Å²) in [5.41, 5.74) is 1.91. The number of piperidine rings is 1. The van der Waals surface area contributed by atoms with Crippen LogP contribution in [0, 0.1) is 19.8 Å². The molecule has 3 rings (SSSR count). The summed E-state index contributed by atoms with van der Waals surface area (Å²) >= 11 is 1.43. The molecule has 0 aliphatic carbocycles. The van der Waals surface area contributed by atoms with E-state index < -0.39 is 0 Å². The van der Waals surface area contributed by atoms with Crippen molar-refractivity contribution in [2.45, 2.75) is 26.7 Å². The number of hydrogen-bond acceptors (Lipinski definition) is 6. The van der Waals surface area contributed by atoms with E-state index in [4.69, 9.17) is 0 Å². The van der Waals surface area contributed by atoms with Crippen molar-refractivity contribution in [3.05, 3.63) is 29.0 Å². The molecule has 1 atom stereocenters. The number of nitrogens with one attached hydrogen (secondary N) is 1. The zero-order valence-corrected chi connectivity index (χ0v) is 13.6. The first-order valence-electron chi connectivity index (χ1n) is 7.39. The molecule has 6 nitrogen and oxygen atoms in total. The third kappa shape index (κ3) is 3.41. The van der Waals surface area contributed by atoms with Crippen LogP contribution in [0.25, 0.3) is 0 Å². The Kier molecular flexibility index (Phi) is 4.33. The Morgan fingerprint density at radius 3 is 2.82 bits per heavy atom. The van der Waals surface area contributed by atoms with E-state index >= 15 is 0 Å². The van der Waals surface area contributed by atoms with Crippen LogP contribution in [0.5, 0.6) is 0 Å². The van der Waals surface area contributed by atoms with Gasteiger partial charge in [-0.2, -0.15) is 0 Å². The van der Waals surface area contributed by atoms with E-state index in [1.54, 1.807) is 6.20 Å². The second-order valence-corrected chi connectivity index (χ2v) is 6.46. The lowest BCUT2D eigenvalue weighted by Gasteiger charge is -2.32. The fraction of sp³-hybridized carbons (Fsp3) is 0.467. The molecule has 22 heavy (non-hydrogen) atoms. The highest BCUT2D eigenvalue weighted by molar-refractivity contribution is 7.13. The van der Waals surface area contributed by atoms with Crippen molar-refractivity contribution >= 4 is 28.3 Å². The molecular weight excluding hydrogens is 298 g/mol. The first-order valence-corrected chi connectivity index (χ1v) is 8.27. The van der Waals surface area contributed by atoms with Gasteiger partial charge >= 0.3 is 0 Å². The summed E-state index contributed by atoms with van der Waals surface area (Å²) in [6, 6.07) is 1.96. The smallest absolute Gasteiger partial charge is 0.231 e. The molecule has 0 unspecified atom stereocenters. The number of aromatic nitrogens is 3. The molecule has 1 saturated heterocycles. The molecular formula is C15H19N5OS. The molecule has 1 N–H and O–H groups in total. The summed E-state index contributed by atoms with van der Waals surface area (Å²) in [4.78, 5) is 27.6. The zero-order valence-electron chi connectivity index (χ0n) is 12.7. The third-order valence-corrected chi connectivity index (χ3v) is 4.40. The lowest BCUT2D eigenvalue weighted by atomic mass is 9.97. The van der Waals surface area contributed by atoms with Crippen molar-refractivity contribution in [3.8, 4) is 0 Å². The van der Waals surface area contributed by atoms with Crippen LogP contribution in [0.1, 0.15) is 24.2 Å². The summed E-state index contributed by atoms with van der Waals surface area (Å²) in [6.45, 7) is 5.48. The van der Waals surface area contributed by atoms with Crippen LogP contribution in [0.4, 0.5) is 11.1 Å². The summed E-state index contributed by atoms with van der Waals surface area (Å²) in [7, 11) is 0. The van der Waals surface area contributed by atoms with Crippen LogP contribution in [0.15, 0.2) is 17.6 Å². The number of hydrogen-bond donors (Lipinski definition) is 1. The summed E-state index contributed by atoms with van der Waals surface area (Å²) in [5.74, 6) is 0.704. The predicted molar refractivity (Wildman–Crippen MR) is 87.2 cm³/mol. The van der Waals surface area contributed by atoms with E-state index in [1.807, 2.05) is 25.3 Å². The van der Waals surface area contributed by atoms with E-state index in [-0.39, 0.29) is 11.8 Å². The maximum atomic E-state index is 12.4. The molecule has 2 aromatic heterocycles. The topological polar surface area (TPSA) is 71.0 Å². The van der Waals surface area contributed by atoms with E-state index in [9.17, 15) is 4.79 Å². The number of aryl methyl sites for hydroxylation is 2. The largest absolute Gasteiger partial charge is 0.340 e. The van der Waals surface area contributed by atoms with Gasteiger partial charge in [-0.1, -0.05) is 0 Å². The standard InChI is InChI=1S/C15H19N5OS/c1-10-8-11(2)18-14(17-10)20-6-3-4-12(9-20)13(21)19-15-16-5-7-22-15/h5,7-8,12H,3-4,6,9H2,1-2H3,(H,16,19,21)/t12-/m1/s1. The quantitative estimate of drug-likeness (QED) is 0.941. The number of anilines is 2. The molecule has 0 saturated carbocycles. The summed E-state index contributed by atoms with van der Waals surface area (Å²) in [5, 5.41) is 5.40. The number of nitrogens with zero attached hydrogens (tertiary/aromatic N) is 4. The van der Waals surface area contributed by atoms with Crippen LogP contribution in [-0.2, 0) is 4.79 Å². The molecule has 1 aliphatic rings. The second kappa shape index (κ2) is 6.39. The Balaban J connectivity index is 1.69. The van der Waals surface area contributed by atoms with Crippen LogP contribution in [-0.4, -0.2) is 33.9 Å². The number of rotatable bonds is 3. The maximum absolute atomic E-state index is 12.4. The van der Waals surface area contributed by atoms with Gasteiger partial charge < -0.3 is 10.2 Å².